The average Bonchev–Trinajstić information content (AvgIpc) is 3.04. The van der Waals surface area contributed by atoms with Crippen molar-refractivity contribution in [1.82, 2.24) is 30.8 Å². The summed E-state index contributed by atoms with van der Waals surface area (Å²) in [4.78, 5) is 23.1. The van der Waals surface area contributed by atoms with Crippen molar-refractivity contribution in [3.05, 3.63) is 29.8 Å². The molecule has 11 heteroatoms. The highest BCUT2D eigenvalue weighted by Gasteiger charge is 2.31. The maximum atomic E-state index is 12.2. The van der Waals surface area contributed by atoms with Gasteiger partial charge in [0.25, 0.3) is 5.91 Å². The van der Waals surface area contributed by atoms with Gasteiger partial charge in [-0.1, -0.05) is 24.3 Å². The first kappa shape index (κ1) is 14.9. The Morgan fingerprint density at radius 2 is 1.87 bits per heavy atom. The average molecular weight is 326 g/mol. The van der Waals surface area contributed by atoms with E-state index in [9.17, 15) is 22.8 Å². The molecule has 0 radical (unpaired) electrons. The smallest absolute Gasteiger partial charge is 0.322 e. The number of alkyl halides is 3. The number of urea groups is 1. The van der Waals surface area contributed by atoms with E-state index < -0.39 is 30.7 Å². The molecule has 1 unspecified atom stereocenters. The molecule has 0 aliphatic carbocycles. The molecule has 23 heavy (non-hydrogen) atoms. The van der Waals surface area contributed by atoms with Gasteiger partial charge in [-0.25, -0.2) is 4.79 Å². The van der Waals surface area contributed by atoms with E-state index in [1.165, 1.54) is 12.1 Å². The fraction of sp³-hybridized carbons (Fsp3) is 0.250. The lowest BCUT2D eigenvalue weighted by Gasteiger charge is -2.07. The van der Waals surface area contributed by atoms with Gasteiger partial charge in [-0.3, -0.25) is 10.1 Å². The van der Waals surface area contributed by atoms with Crippen molar-refractivity contribution >= 4 is 11.9 Å². The van der Waals surface area contributed by atoms with Crippen molar-refractivity contribution in [2.24, 2.45) is 0 Å². The minimum Gasteiger partial charge on any atom is -0.322 e. The van der Waals surface area contributed by atoms with Crippen molar-refractivity contribution in [2.75, 3.05) is 0 Å². The number of imide groups is 1. The van der Waals surface area contributed by atoms with Gasteiger partial charge < -0.3 is 5.32 Å². The van der Waals surface area contributed by atoms with Gasteiger partial charge in [-0.15, -0.1) is 10.2 Å². The number of carbonyl (C=O) groups is 2. The fourth-order valence-corrected chi connectivity index (χ4v) is 2.06. The summed E-state index contributed by atoms with van der Waals surface area (Å²) < 4.78 is 36.7. The lowest BCUT2D eigenvalue weighted by atomic mass is 10.0. The number of tetrazole rings is 1. The highest BCUT2D eigenvalue weighted by atomic mass is 19.4. The first-order chi connectivity index (χ1) is 10.8. The fourth-order valence-electron chi connectivity index (χ4n) is 2.06. The summed E-state index contributed by atoms with van der Waals surface area (Å²) in [6.45, 7) is -1.33. The molecule has 1 aromatic carbocycles. The van der Waals surface area contributed by atoms with Crippen molar-refractivity contribution in [1.29, 1.82) is 0 Å². The highest BCUT2D eigenvalue weighted by Crippen LogP contribution is 2.21. The summed E-state index contributed by atoms with van der Waals surface area (Å²) in [7, 11) is 0. The molecule has 3 amide bonds. The van der Waals surface area contributed by atoms with Crippen LogP contribution in [0.3, 0.4) is 0 Å². The number of hydrogen-bond donors (Lipinski definition) is 2. The second kappa shape index (κ2) is 5.34. The third-order valence-electron chi connectivity index (χ3n) is 3.05. The van der Waals surface area contributed by atoms with E-state index in [1.807, 2.05) is 0 Å². The molecule has 3 rings (SSSR count). The third-order valence-corrected chi connectivity index (χ3v) is 3.05. The van der Waals surface area contributed by atoms with Gasteiger partial charge >= 0.3 is 12.2 Å². The van der Waals surface area contributed by atoms with Crippen LogP contribution in [0.2, 0.25) is 0 Å². The highest BCUT2D eigenvalue weighted by molar-refractivity contribution is 6.04. The van der Waals surface area contributed by atoms with Gasteiger partial charge in [0.1, 0.15) is 6.04 Å². The van der Waals surface area contributed by atoms with Crippen molar-refractivity contribution in [3.8, 4) is 11.4 Å². The molecule has 1 atom stereocenters. The Kier molecular flexibility index (Phi) is 3.47. The molecular formula is C12H9F3N6O2. The van der Waals surface area contributed by atoms with E-state index in [1.54, 1.807) is 12.1 Å². The molecular weight excluding hydrogens is 317 g/mol. The van der Waals surface area contributed by atoms with Crippen molar-refractivity contribution in [3.63, 3.8) is 0 Å². The van der Waals surface area contributed by atoms with Crippen molar-refractivity contribution < 1.29 is 22.8 Å². The predicted molar refractivity (Wildman–Crippen MR) is 68.7 cm³/mol. The molecule has 120 valence electrons. The molecule has 2 aromatic rings. The summed E-state index contributed by atoms with van der Waals surface area (Å²) in [6.07, 6.45) is -4.43. The first-order valence-corrected chi connectivity index (χ1v) is 6.38. The minimum atomic E-state index is -4.43. The first-order valence-electron chi connectivity index (χ1n) is 6.38. The Bertz CT molecular complexity index is 755. The summed E-state index contributed by atoms with van der Waals surface area (Å²) in [5.41, 5.74) is 0.965. The van der Waals surface area contributed by atoms with Crippen LogP contribution in [-0.2, 0) is 11.3 Å². The van der Waals surface area contributed by atoms with Crippen LogP contribution in [0, 0.1) is 0 Å². The molecule has 2 heterocycles. The van der Waals surface area contributed by atoms with Crippen LogP contribution in [0.4, 0.5) is 18.0 Å². The Hall–Kier alpha value is -2.98. The monoisotopic (exact) mass is 326 g/mol. The van der Waals surface area contributed by atoms with Crippen molar-refractivity contribution in [2.45, 2.75) is 18.8 Å². The lowest BCUT2D eigenvalue weighted by Crippen LogP contribution is -2.22. The maximum Gasteiger partial charge on any atom is 0.409 e. The molecule has 2 N–H and O–H groups in total. The number of aromatic nitrogens is 4. The standard InChI is InChI=1S/C12H9F3N6O2/c13-12(14,15)5-21-19-9(18-20-21)7-3-1-6(2-4-7)8-10(22)17-11(23)16-8/h1-4,8H,5H2,(H2,16,17,22,23). The zero-order chi connectivity index (χ0) is 16.6. The Morgan fingerprint density at radius 1 is 1.17 bits per heavy atom. The minimum absolute atomic E-state index is 0.0284. The van der Waals surface area contributed by atoms with Gasteiger partial charge in [0, 0.05) is 5.56 Å². The molecule has 0 spiro atoms. The van der Waals surface area contributed by atoms with Gasteiger partial charge in [-0.05, 0) is 10.8 Å². The Balaban J connectivity index is 1.77. The molecule has 0 saturated carbocycles. The molecule has 1 saturated heterocycles. The number of carbonyl (C=O) groups excluding carboxylic acids is 2. The van der Waals surface area contributed by atoms with E-state index in [2.05, 4.69) is 26.0 Å². The summed E-state index contributed by atoms with van der Waals surface area (Å²) in [6, 6.07) is 4.78. The van der Waals surface area contributed by atoms with Gasteiger partial charge in [-0.2, -0.15) is 18.0 Å². The van der Waals surface area contributed by atoms with Gasteiger partial charge in [0.15, 0.2) is 6.54 Å². The van der Waals surface area contributed by atoms with Crippen LogP contribution < -0.4 is 10.6 Å². The van der Waals surface area contributed by atoms with E-state index in [0.717, 1.165) is 0 Å². The molecule has 1 aromatic heterocycles. The predicted octanol–water partition coefficient (Wildman–Crippen LogP) is 0.783. The van der Waals surface area contributed by atoms with Crippen LogP contribution in [-0.4, -0.2) is 38.3 Å². The van der Waals surface area contributed by atoms with Gasteiger partial charge in [0.2, 0.25) is 5.82 Å². The summed E-state index contributed by atoms with van der Waals surface area (Å²) in [5.74, 6) is -0.447. The SMILES string of the molecule is O=C1NC(=O)C(c2ccc(-c3nnn(CC(F)(F)F)n3)cc2)N1. The normalized spacial score (nSPS) is 18.0. The summed E-state index contributed by atoms with van der Waals surface area (Å²) >= 11 is 0. The Labute approximate surface area is 126 Å². The number of hydrogen-bond acceptors (Lipinski definition) is 5. The summed E-state index contributed by atoms with van der Waals surface area (Å²) in [5, 5.41) is 15.1. The van der Waals surface area contributed by atoms with E-state index in [0.29, 0.717) is 15.9 Å². The van der Waals surface area contributed by atoms with Crippen LogP contribution in [0.1, 0.15) is 11.6 Å². The zero-order valence-electron chi connectivity index (χ0n) is 11.3. The number of amides is 3. The van der Waals surface area contributed by atoms with Crippen LogP contribution in [0.25, 0.3) is 11.4 Å². The molecule has 1 aliphatic rings. The number of halogens is 3. The van der Waals surface area contributed by atoms with E-state index in [-0.39, 0.29) is 5.82 Å². The third kappa shape index (κ3) is 3.27. The van der Waals surface area contributed by atoms with Crippen LogP contribution in [0.5, 0.6) is 0 Å². The topological polar surface area (TPSA) is 102 Å². The number of nitrogens with one attached hydrogen (secondary N) is 2. The quantitative estimate of drug-likeness (QED) is 0.812. The number of nitrogens with zero attached hydrogens (tertiary/aromatic N) is 4. The van der Waals surface area contributed by atoms with E-state index in [4.69, 9.17) is 0 Å². The zero-order valence-corrected chi connectivity index (χ0v) is 11.3. The lowest BCUT2D eigenvalue weighted by molar-refractivity contribution is -0.145. The molecule has 1 aliphatic heterocycles. The second-order valence-electron chi connectivity index (χ2n) is 4.78. The molecule has 1 fully saturated rings. The molecule has 8 nitrogen and oxygen atoms in total. The van der Waals surface area contributed by atoms with Gasteiger partial charge in [0.05, 0.1) is 0 Å². The van der Waals surface area contributed by atoms with Crippen LogP contribution >= 0.6 is 0 Å². The van der Waals surface area contributed by atoms with E-state index >= 15 is 0 Å². The number of rotatable bonds is 3. The van der Waals surface area contributed by atoms with Crippen LogP contribution in [0.15, 0.2) is 24.3 Å². The maximum absolute atomic E-state index is 12.2. The number of benzene rings is 1. The molecule has 0 bridgehead atoms. The largest absolute Gasteiger partial charge is 0.409 e. The Morgan fingerprint density at radius 3 is 2.43 bits per heavy atom. The second-order valence-corrected chi connectivity index (χ2v) is 4.78.